The largest absolute Gasteiger partial charge is 0.326 e. The molecule has 0 spiro atoms. The van der Waals surface area contributed by atoms with Gasteiger partial charge in [0.2, 0.25) is 11.8 Å². The Hall–Kier alpha value is -2.27. The number of thioether (sulfide) groups is 1. The maximum absolute atomic E-state index is 12.6. The summed E-state index contributed by atoms with van der Waals surface area (Å²) in [5.41, 5.74) is 3.95. The Kier molecular flexibility index (Phi) is 5.90. The number of rotatable bonds is 5. The zero-order valence-corrected chi connectivity index (χ0v) is 17.0. The predicted octanol–water partition coefficient (Wildman–Crippen LogP) is 5.18. The molecule has 5 heteroatoms. The van der Waals surface area contributed by atoms with Gasteiger partial charge in [-0.15, -0.1) is 11.8 Å². The standard InChI is InChI=1S/C22H26N2O2S/c1-14(2)16-8-10-19(11-9-16)24-20(25)13-27-22(24)17-6-5-7-18(12-17)23-21(26)15(3)4/h5-12,14-15,22H,13H2,1-4H3,(H,23,26)/t22-/m1/s1. The third-order valence-corrected chi connectivity index (χ3v) is 5.88. The van der Waals surface area contributed by atoms with Gasteiger partial charge in [-0.3, -0.25) is 14.5 Å². The SMILES string of the molecule is CC(C)C(=O)Nc1cccc([C@H]2SCC(=O)N2c2ccc(C(C)C)cc2)c1. The Morgan fingerprint density at radius 1 is 1.11 bits per heavy atom. The van der Waals surface area contributed by atoms with Crippen molar-refractivity contribution < 1.29 is 9.59 Å². The van der Waals surface area contributed by atoms with Crippen molar-refractivity contribution in [2.75, 3.05) is 16.0 Å². The van der Waals surface area contributed by atoms with Gasteiger partial charge >= 0.3 is 0 Å². The van der Waals surface area contributed by atoms with Crippen LogP contribution < -0.4 is 10.2 Å². The second-order valence-corrected chi connectivity index (χ2v) is 8.51. The topological polar surface area (TPSA) is 49.4 Å². The summed E-state index contributed by atoms with van der Waals surface area (Å²) in [6, 6.07) is 16.0. The van der Waals surface area contributed by atoms with E-state index in [2.05, 4.69) is 31.3 Å². The van der Waals surface area contributed by atoms with Crippen molar-refractivity contribution in [1.82, 2.24) is 0 Å². The lowest BCUT2D eigenvalue weighted by Crippen LogP contribution is -2.27. The van der Waals surface area contributed by atoms with E-state index in [9.17, 15) is 9.59 Å². The number of amides is 2. The van der Waals surface area contributed by atoms with E-state index in [4.69, 9.17) is 0 Å². The molecule has 1 saturated heterocycles. The molecular formula is C22H26N2O2S. The summed E-state index contributed by atoms with van der Waals surface area (Å²) in [7, 11) is 0. The van der Waals surface area contributed by atoms with Crippen LogP contribution in [0.5, 0.6) is 0 Å². The van der Waals surface area contributed by atoms with Crippen LogP contribution in [0.4, 0.5) is 11.4 Å². The van der Waals surface area contributed by atoms with Gasteiger partial charge in [0.05, 0.1) is 5.75 Å². The van der Waals surface area contributed by atoms with E-state index in [0.29, 0.717) is 11.7 Å². The second kappa shape index (κ2) is 8.17. The Bertz CT molecular complexity index is 830. The smallest absolute Gasteiger partial charge is 0.238 e. The van der Waals surface area contributed by atoms with Gasteiger partial charge in [0.25, 0.3) is 0 Å². The molecule has 2 amide bonds. The monoisotopic (exact) mass is 382 g/mol. The van der Waals surface area contributed by atoms with E-state index in [1.54, 1.807) is 11.8 Å². The highest BCUT2D eigenvalue weighted by Crippen LogP contribution is 2.42. The number of benzene rings is 2. The molecule has 0 saturated carbocycles. The fourth-order valence-corrected chi connectivity index (χ4v) is 4.19. The number of carbonyl (C=O) groups excluding carboxylic acids is 2. The fraction of sp³-hybridized carbons (Fsp3) is 0.364. The van der Waals surface area contributed by atoms with Crippen LogP contribution in [0, 0.1) is 5.92 Å². The lowest BCUT2D eigenvalue weighted by Gasteiger charge is -2.25. The van der Waals surface area contributed by atoms with Crippen LogP contribution in [0.3, 0.4) is 0 Å². The van der Waals surface area contributed by atoms with Gasteiger partial charge in [0, 0.05) is 17.3 Å². The molecule has 142 valence electrons. The molecule has 1 fully saturated rings. The van der Waals surface area contributed by atoms with Gasteiger partial charge in [-0.25, -0.2) is 0 Å². The first-order valence-corrected chi connectivity index (χ1v) is 10.4. The van der Waals surface area contributed by atoms with Crippen molar-refractivity contribution in [2.24, 2.45) is 5.92 Å². The van der Waals surface area contributed by atoms with E-state index >= 15 is 0 Å². The van der Waals surface area contributed by atoms with Crippen molar-refractivity contribution in [1.29, 1.82) is 0 Å². The lowest BCUT2D eigenvalue weighted by atomic mass is 10.0. The molecule has 3 rings (SSSR count). The molecule has 1 atom stereocenters. The number of hydrogen-bond donors (Lipinski definition) is 1. The van der Waals surface area contributed by atoms with Crippen molar-refractivity contribution in [3.8, 4) is 0 Å². The highest BCUT2D eigenvalue weighted by Gasteiger charge is 2.34. The number of anilines is 2. The first kappa shape index (κ1) is 19.5. The zero-order valence-electron chi connectivity index (χ0n) is 16.2. The van der Waals surface area contributed by atoms with Crippen molar-refractivity contribution >= 4 is 35.0 Å². The van der Waals surface area contributed by atoms with Gasteiger partial charge in [0.1, 0.15) is 5.37 Å². The fourth-order valence-electron chi connectivity index (χ4n) is 3.03. The molecule has 1 heterocycles. The van der Waals surface area contributed by atoms with E-state index in [0.717, 1.165) is 16.9 Å². The minimum atomic E-state index is -0.0849. The summed E-state index contributed by atoms with van der Waals surface area (Å²) in [6.45, 7) is 8.05. The molecule has 27 heavy (non-hydrogen) atoms. The first-order chi connectivity index (χ1) is 12.9. The molecule has 0 radical (unpaired) electrons. The highest BCUT2D eigenvalue weighted by molar-refractivity contribution is 8.00. The van der Waals surface area contributed by atoms with Crippen molar-refractivity contribution in [3.63, 3.8) is 0 Å². The van der Waals surface area contributed by atoms with Gasteiger partial charge in [0.15, 0.2) is 0 Å². The summed E-state index contributed by atoms with van der Waals surface area (Å²) < 4.78 is 0. The average molecular weight is 383 g/mol. The normalized spacial score (nSPS) is 17.0. The first-order valence-electron chi connectivity index (χ1n) is 9.31. The lowest BCUT2D eigenvalue weighted by molar-refractivity contribution is -0.119. The summed E-state index contributed by atoms with van der Waals surface area (Å²) in [4.78, 5) is 26.4. The summed E-state index contributed by atoms with van der Waals surface area (Å²) in [5.74, 6) is 0.938. The van der Waals surface area contributed by atoms with E-state index in [-0.39, 0.29) is 23.1 Å². The summed E-state index contributed by atoms with van der Waals surface area (Å²) >= 11 is 1.61. The van der Waals surface area contributed by atoms with Gasteiger partial charge in [-0.05, 0) is 41.3 Å². The highest BCUT2D eigenvalue weighted by atomic mass is 32.2. The quantitative estimate of drug-likeness (QED) is 0.775. The second-order valence-electron chi connectivity index (χ2n) is 7.44. The summed E-state index contributed by atoms with van der Waals surface area (Å²) in [6.07, 6.45) is 0. The number of hydrogen-bond acceptors (Lipinski definition) is 3. The van der Waals surface area contributed by atoms with Crippen LogP contribution in [-0.2, 0) is 9.59 Å². The molecule has 0 bridgehead atoms. The van der Waals surface area contributed by atoms with Crippen LogP contribution in [0.2, 0.25) is 0 Å². The Balaban J connectivity index is 1.87. The number of carbonyl (C=O) groups is 2. The molecule has 1 aliphatic rings. The minimum absolute atomic E-state index is 0.0107. The molecule has 1 N–H and O–H groups in total. The maximum Gasteiger partial charge on any atom is 0.238 e. The van der Waals surface area contributed by atoms with Crippen LogP contribution in [0.25, 0.3) is 0 Å². The minimum Gasteiger partial charge on any atom is -0.326 e. The van der Waals surface area contributed by atoms with Crippen LogP contribution >= 0.6 is 11.8 Å². The average Bonchev–Trinajstić information content (AvgIpc) is 3.03. The summed E-state index contributed by atoms with van der Waals surface area (Å²) in [5, 5.41) is 2.85. The number of nitrogens with zero attached hydrogens (tertiary/aromatic N) is 1. The number of nitrogens with one attached hydrogen (secondary N) is 1. The van der Waals surface area contributed by atoms with Crippen LogP contribution in [0.1, 0.15) is 50.1 Å². The van der Waals surface area contributed by atoms with Crippen molar-refractivity contribution in [3.05, 3.63) is 59.7 Å². The van der Waals surface area contributed by atoms with Crippen LogP contribution in [-0.4, -0.2) is 17.6 Å². The molecular weight excluding hydrogens is 356 g/mol. The molecule has 0 aliphatic carbocycles. The van der Waals surface area contributed by atoms with Crippen molar-refractivity contribution in [2.45, 2.75) is 39.0 Å². The Morgan fingerprint density at radius 3 is 2.44 bits per heavy atom. The van der Waals surface area contributed by atoms with Gasteiger partial charge in [-0.1, -0.05) is 52.0 Å². The van der Waals surface area contributed by atoms with Gasteiger partial charge < -0.3 is 5.32 Å². The molecule has 2 aromatic carbocycles. The molecule has 4 nitrogen and oxygen atoms in total. The third-order valence-electron chi connectivity index (χ3n) is 4.67. The molecule has 1 aliphatic heterocycles. The predicted molar refractivity (Wildman–Crippen MR) is 113 cm³/mol. The molecule has 0 aromatic heterocycles. The maximum atomic E-state index is 12.6. The molecule has 0 unspecified atom stereocenters. The van der Waals surface area contributed by atoms with Gasteiger partial charge in [-0.2, -0.15) is 0 Å². The Labute approximate surface area is 165 Å². The van der Waals surface area contributed by atoms with E-state index in [1.807, 2.05) is 55.1 Å². The molecule has 2 aromatic rings. The zero-order chi connectivity index (χ0) is 19.6. The van der Waals surface area contributed by atoms with E-state index < -0.39 is 0 Å². The Morgan fingerprint density at radius 2 is 1.81 bits per heavy atom. The van der Waals surface area contributed by atoms with E-state index in [1.165, 1.54) is 5.56 Å². The third kappa shape index (κ3) is 4.35. The van der Waals surface area contributed by atoms with Crippen LogP contribution in [0.15, 0.2) is 48.5 Å².